The second-order valence-electron chi connectivity index (χ2n) is 2.95. The predicted molar refractivity (Wildman–Crippen MR) is 60.7 cm³/mol. The number of nitrogens with zero attached hydrogens (tertiary/aromatic N) is 1. The fourth-order valence-corrected chi connectivity index (χ4v) is 2.51. The minimum absolute atomic E-state index is 0.678. The van der Waals surface area contributed by atoms with Crippen molar-refractivity contribution in [2.24, 2.45) is 4.99 Å². The van der Waals surface area contributed by atoms with E-state index in [2.05, 4.69) is 4.99 Å². The summed E-state index contributed by atoms with van der Waals surface area (Å²) in [5.41, 5.74) is 3.19. The largest absolute Gasteiger partial charge is 0.250 e. The van der Waals surface area contributed by atoms with Crippen molar-refractivity contribution < 1.29 is 4.21 Å². The molecule has 0 radical (unpaired) electrons. The summed E-state index contributed by atoms with van der Waals surface area (Å²) >= 11 is 5.77. The van der Waals surface area contributed by atoms with Gasteiger partial charge in [0.15, 0.2) is 0 Å². The topological polar surface area (TPSA) is 29.4 Å². The molecule has 1 heterocycles. The average molecular weight is 226 g/mol. The van der Waals surface area contributed by atoms with Gasteiger partial charge in [-0.25, -0.2) is 4.21 Å². The van der Waals surface area contributed by atoms with E-state index >= 15 is 0 Å². The first-order valence-electron chi connectivity index (χ1n) is 4.10. The molecule has 4 heteroatoms. The van der Waals surface area contributed by atoms with Gasteiger partial charge in [-0.3, -0.25) is 4.99 Å². The molecule has 0 saturated heterocycles. The van der Waals surface area contributed by atoms with Gasteiger partial charge in [0.25, 0.3) is 0 Å². The van der Waals surface area contributed by atoms with Crippen molar-refractivity contribution in [2.45, 2.75) is 6.92 Å². The number of hydrogen-bond acceptors (Lipinski definition) is 2. The third kappa shape index (κ3) is 1.65. The molecular formula is C10H8ClNOS. The van der Waals surface area contributed by atoms with Crippen LogP contribution in [-0.2, 0) is 10.8 Å². The summed E-state index contributed by atoms with van der Waals surface area (Å²) in [5, 5.41) is 0.678. The standard InChI is InChI=1S/C10H8ClNOS/c1-7-10(14(13)6-12-7)8-2-4-9(11)5-3-8/h2-6H,1H3. The Bertz CT molecular complexity index is 448. The van der Waals surface area contributed by atoms with E-state index in [1.165, 1.54) is 5.55 Å². The summed E-state index contributed by atoms with van der Waals surface area (Å²) in [5.74, 6) is 0. The zero-order valence-electron chi connectivity index (χ0n) is 7.53. The second-order valence-corrected chi connectivity index (χ2v) is 4.60. The average Bonchev–Trinajstić information content (AvgIpc) is 2.49. The van der Waals surface area contributed by atoms with Crippen molar-refractivity contribution in [3.05, 3.63) is 40.5 Å². The molecule has 0 bridgehead atoms. The molecular weight excluding hydrogens is 218 g/mol. The van der Waals surface area contributed by atoms with Crippen LogP contribution >= 0.6 is 11.6 Å². The molecule has 0 N–H and O–H groups in total. The molecule has 1 aromatic carbocycles. The molecule has 2 nitrogen and oxygen atoms in total. The molecule has 1 aliphatic rings. The summed E-state index contributed by atoms with van der Waals surface area (Å²) in [4.78, 5) is 4.80. The number of allylic oxidation sites excluding steroid dienone is 1. The summed E-state index contributed by atoms with van der Waals surface area (Å²) in [7, 11) is -1.10. The predicted octanol–water partition coefficient (Wildman–Crippen LogP) is 2.82. The first kappa shape index (κ1) is 9.62. The molecule has 72 valence electrons. The molecule has 0 fully saturated rings. The van der Waals surface area contributed by atoms with Crippen LogP contribution in [0.5, 0.6) is 0 Å². The molecule has 0 aromatic heterocycles. The Morgan fingerprint density at radius 3 is 2.43 bits per heavy atom. The number of halogens is 1. The van der Waals surface area contributed by atoms with Crippen molar-refractivity contribution in [3.63, 3.8) is 0 Å². The van der Waals surface area contributed by atoms with E-state index in [9.17, 15) is 4.21 Å². The Hall–Kier alpha value is -0.930. The highest BCUT2D eigenvalue weighted by Gasteiger charge is 2.16. The van der Waals surface area contributed by atoms with E-state index in [4.69, 9.17) is 11.6 Å². The number of aliphatic imine (C=N–C) groups is 1. The smallest absolute Gasteiger partial charge is 0.0986 e. The third-order valence-corrected chi connectivity index (χ3v) is 3.46. The summed E-state index contributed by atoms with van der Waals surface area (Å²) in [6, 6.07) is 7.28. The minimum Gasteiger partial charge on any atom is -0.250 e. The van der Waals surface area contributed by atoms with Gasteiger partial charge in [-0.2, -0.15) is 0 Å². The highest BCUT2D eigenvalue weighted by atomic mass is 35.5. The number of benzene rings is 1. The lowest BCUT2D eigenvalue weighted by Gasteiger charge is -2.01. The summed E-state index contributed by atoms with van der Waals surface area (Å²) in [6.45, 7) is 1.85. The Balaban J connectivity index is 2.47. The number of rotatable bonds is 1. The molecule has 0 spiro atoms. The zero-order chi connectivity index (χ0) is 10.1. The first-order chi connectivity index (χ1) is 6.68. The van der Waals surface area contributed by atoms with Crippen molar-refractivity contribution >= 4 is 32.9 Å². The van der Waals surface area contributed by atoms with Gasteiger partial charge >= 0.3 is 0 Å². The lowest BCUT2D eigenvalue weighted by atomic mass is 10.2. The Morgan fingerprint density at radius 2 is 1.93 bits per heavy atom. The molecule has 1 aliphatic heterocycles. The van der Waals surface area contributed by atoms with Crippen LogP contribution in [-0.4, -0.2) is 9.76 Å². The van der Waals surface area contributed by atoms with Crippen molar-refractivity contribution in [3.8, 4) is 0 Å². The van der Waals surface area contributed by atoms with Crippen LogP contribution in [0.2, 0.25) is 5.02 Å². The van der Waals surface area contributed by atoms with Crippen molar-refractivity contribution in [2.75, 3.05) is 0 Å². The van der Waals surface area contributed by atoms with E-state index in [-0.39, 0.29) is 0 Å². The van der Waals surface area contributed by atoms with Gasteiger partial charge < -0.3 is 0 Å². The highest BCUT2D eigenvalue weighted by molar-refractivity contribution is 8.07. The quantitative estimate of drug-likeness (QED) is 0.723. The second kappa shape index (κ2) is 3.67. The summed E-state index contributed by atoms with van der Waals surface area (Å²) in [6.07, 6.45) is 0. The van der Waals surface area contributed by atoms with Crippen LogP contribution < -0.4 is 0 Å². The van der Waals surface area contributed by atoms with Crippen LogP contribution in [0.25, 0.3) is 4.91 Å². The fourth-order valence-electron chi connectivity index (χ4n) is 1.31. The first-order valence-corrected chi connectivity index (χ1v) is 5.69. The number of hydrogen-bond donors (Lipinski definition) is 0. The minimum atomic E-state index is -1.10. The van der Waals surface area contributed by atoms with E-state index < -0.39 is 10.8 Å². The van der Waals surface area contributed by atoms with Gasteiger partial charge in [-0.15, -0.1) is 0 Å². The lowest BCUT2D eigenvalue weighted by Crippen LogP contribution is -1.91. The normalized spacial score (nSPS) is 20.6. The van der Waals surface area contributed by atoms with Crippen LogP contribution in [0.4, 0.5) is 0 Å². The van der Waals surface area contributed by atoms with Gasteiger partial charge in [-0.1, -0.05) is 23.7 Å². The van der Waals surface area contributed by atoms with Gasteiger partial charge in [0.1, 0.15) is 0 Å². The van der Waals surface area contributed by atoms with Crippen LogP contribution in [0, 0.1) is 0 Å². The van der Waals surface area contributed by atoms with Gasteiger partial charge in [0, 0.05) is 5.02 Å². The monoisotopic (exact) mass is 225 g/mol. The van der Waals surface area contributed by atoms with Crippen molar-refractivity contribution in [1.29, 1.82) is 0 Å². The SMILES string of the molecule is CC1=C(c2ccc(Cl)cc2)S(=O)C=N1. The van der Waals surface area contributed by atoms with Gasteiger partial charge in [0.05, 0.1) is 26.9 Å². The molecule has 0 saturated carbocycles. The van der Waals surface area contributed by atoms with E-state index in [1.807, 2.05) is 19.1 Å². The maximum absolute atomic E-state index is 11.5. The fraction of sp³-hybridized carbons (Fsp3) is 0.100. The van der Waals surface area contributed by atoms with Crippen LogP contribution in [0.3, 0.4) is 0 Å². The molecule has 14 heavy (non-hydrogen) atoms. The maximum atomic E-state index is 11.5. The van der Waals surface area contributed by atoms with E-state index in [1.54, 1.807) is 12.1 Å². The third-order valence-electron chi connectivity index (χ3n) is 1.98. The molecule has 1 aromatic rings. The molecule has 2 rings (SSSR count). The Morgan fingerprint density at radius 1 is 1.29 bits per heavy atom. The molecule has 1 unspecified atom stereocenters. The van der Waals surface area contributed by atoms with Crippen LogP contribution in [0.15, 0.2) is 35.0 Å². The zero-order valence-corrected chi connectivity index (χ0v) is 9.10. The van der Waals surface area contributed by atoms with E-state index in [0.717, 1.165) is 16.2 Å². The van der Waals surface area contributed by atoms with Crippen molar-refractivity contribution in [1.82, 2.24) is 0 Å². The highest BCUT2D eigenvalue weighted by Crippen LogP contribution is 2.27. The molecule has 0 amide bonds. The molecule has 0 aliphatic carbocycles. The molecule has 1 atom stereocenters. The summed E-state index contributed by atoms with van der Waals surface area (Å²) < 4.78 is 11.5. The maximum Gasteiger partial charge on any atom is 0.0986 e. The van der Waals surface area contributed by atoms with Crippen LogP contribution in [0.1, 0.15) is 12.5 Å². The van der Waals surface area contributed by atoms with Gasteiger partial charge in [0.2, 0.25) is 0 Å². The Kier molecular flexibility index (Phi) is 2.52. The Labute approximate surface area is 89.8 Å². The van der Waals surface area contributed by atoms with E-state index in [0.29, 0.717) is 5.02 Å². The lowest BCUT2D eigenvalue weighted by molar-refractivity contribution is 0.695. The van der Waals surface area contributed by atoms with Gasteiger partial charge in [-0.05, 0) is 24.6 Å².